The van der Waals surface area contributed by atoms with E-state index in [-0.39, 0.29) is 0 Å². The molecule has 106 valence electrons. The molecule has 2 rings (SSSR count). The van der Waals surface area contributed by atoms with E-state index in [0.29, 0.717) is 18.5 Å². The molecule has 0 bridgehead atoms. The highest BCUT2D eigenvalue weighted by Gasteiger charge is 2.26. The maximum absolute atomic E-state index is 6.01. The molecular formula is C16H25BrN2. The summed E-state index contributed by atoms with van der Waals surface area (Å²) in [5, 5.41) is 3.66. The van der Waals surface area contributed by atoms with Gasteiger partial charge >= 0.3 is 0 Å². The van der Waals surface area contributed by atoms with Crippen LogP contribution >= 0.6 is 15.9 Å². The van der Waals surface area contributed by atoms with Gasteiger partial charge in [-0.3, -0.25) is 0 Å². The van der Waals surface area contributed by atoms with Gasteiger partial charge in [-0.05, 0) is 65.2 Å². The van der Waals surface area contributed by atoms with Gasteiger partial charge < -0.3 is 11.1 Å². The van der Waals surface area contributed by atoms with Crippen LogP contribution in [0.2, 0.25) is 0 Å². The van der Waals surface area contributed by atoms with Crippen LogP contribution in [-0.2, 0) is 0 Å². The van der Waals surface area contributed by atoms with Gasteiger partial charge in [0.05, 0.1) is 0 Å². The zero-order valence-corrected chi connectivity index (χ0v) is 13.5. The molecule has 0 heterocycles. The summed E-state index contributed by atoms with van der Waals surface area (Å²) >= 11 is 3.62. The Bertz CT molecular complexity index is 419. The average molecular weight is 325 g/mol. The molecule has 3 N–H and O–H groups in total. The summed E-state index contributed by atoms with van der Waals surface area (Å²) in [6.07, 6.45) is 5.34. The molecule has 19 heavy (non-hydrogen) atoms. The Morgan fingerprint density at radius 1 is 1.42 bits per heavy atom. The molecule has 0 aromatic heterocycles. The third-order valence-electron chi connectivity index (χ3n) is 4.26. The fourth-order valence-corrected chi connectivity index (χ4v) is 3.53. The van der Waals surface area contributed by atoms with Crippen molar-refractivity contribution in [3.63, 3.8) is 0 Å². The average Bonchev–Trinajstić information content (AvgIpc) is 2.39. The third-order valence-corrected chi connectivity index (χ3v) is 4.95. The van der Waals surface area contributed by atoms with E-state index < -0.39 is 0 Å². The van der Waals surface area contributed by atoms with Crippen LogP contribution < -0.4 is 11.1 Å². The Morgan fingerprint density at radius 2 is 2.21 bits per heavy atom. The molecule has 0 amide bonds. The standard InChI is InChI=1S/C16H25BrN2/c1-11-4-3-5-13(8-11)16(10-18)19-15-9-12(2)6-7-14(15)17/h6-7,9,11,13,16,19H,3-5,8,10,18H2,1-2H3. The van der Waals surface area contributed by atoms with Crippen LogP contribution in [0.4, 0.5) is 5.69 Å². The highest BCUT2D eigenvalue weighted by molar-refractivity contribution is 9.10. The lowest BCUT2D eigenvalue weighted by Crippen LogP contribution is -2.38. The molecule has 1 saturated carbocycles. The number of aryl methyl sites for hydroxylation is 1. The summed E-state index contributed by atoms with van der Waals surface area (Å²) in [6.45, 7) is 5.19. The minimum absolute atomic E-state index is 0.390. The fraction of sp³-hybridized carbons (Fsp3) is 0.625. The summed E-state index contributed by atoms with van der Waals surface area (Å²) in [6, 6.07) is 6.81. The number of nitrogens with two attached hydrogens (primary N) is 1. The van der Waals surface area contributed by atoms with Crippen molar-refractivity contribution in [3.05, 3.63) is 28.2 Å². The number of nitrogens with one attached hydrogen (secondary N) is 1. The number of anilines is 1. The van der Waals surface area contributed by atoms with Gasteiger partial charge in [-0.25, -0.2) is 0 Å². The largest absolute Gasteiger partial charge is 0.380 e. The Hall–Kier alpha value is -0.540. The minimum Gasteiger partial charge on any atom is -0.380 e. The molecule has 1 aromatic carbocycles. The number of hydrogen-bond acceptors (Lipinski definition) is 2. The van der Waals surface area contributed by atoms with E-state index in [1.165, 1.54) is 36.9 Å². The smallest absolute Gasteiger partial charge is 0.0489 e. The monoisotopic (exact) mass is 324 g/mol. The number of benzene rings is 1. The van der Waals surface area contributed by atoms with E-state index in [1.807, 2.05) is 0 Å². The van der Waals surface area contributed by atoms with Crippen molar-refractivity contribution in [1.29, 1.82) is 0 Å². The lowest BCUT2D eigenvalue weighted by atomic mass is 9.78. The first-order valence-electron chi connectivity index (χ1n) is 7.33. The Morgan fingerprint density at radius 3 is 2.89 bits per heavy atom. The van der Waals surface area contributed by atoms with Gasteiger partial charge in [0.15, 0.2) is 0 Å². The molecule has 3 atom stereocenters. The summed E-state index contributed by atoms with van der Waals surface area (Å²) in [4.78, 5) is 0. The molecule has 0 aliphatic heterocycles. The highest BCUT2D eigenvalue weighted by Crippen LogP contribution is 2.33. The van der Waals surface area contributed by atoms with Crippen molar-refractivity contribution in [3.8, 4) is 0 Å². The first-order valence-corrected chi connectivity index (χ1v) is 8.12. The molecular weight excluding hydrogens is 300 g/mol. The van der Waals surface area contributed by atoms with E-state index in [2.05, 4.69) is 53.3 Å². The van der Waals surface area contributed by atoms with E-state index in [4.69, 9.17) is 5.73 Å². The lowest BCUT2D eigenvalue weighted by molar-refractivity contribution is 0.257. The second-order valence-electron chi connectivity index (χ2n) is 6.00. The van der Waals surface area contributed by atoms with Crippen LogP contribution in [0, 0.1) is 18.8 Å². The second-order valence-corrected chi connectivity index (χ2v) is 6.86. The topological polar surface area (TPSA) is 38.0 Å². The van der Waals surface area contributed by atoms with Crippen LogP contribution in [0.1, 0.15) is 38.2 Å². The maximum Gasteiger partial charge on any atom is 0.0489 e. The van der Waals surface area contributed by atoms with Crippen LogP contribution in [-0.4, -0.2) is 12.6 Å². The van der Waals surface area contributed by atoms with Gasteiger partial charge in [0.2, 0.25) is 0 Å². The van der Waals surface area contributed by atoms with Gasteiger partial charge in [-0.2, -0.15) is 0 Å². The second kappa shape index (κ2) is 6.76. The molecule has 1 aliphatic carbocycles. The zero-order chi connectivity index (χ0) is 13.8. The summed E-state index contributed by atoms with van der Waals surface area (Å²) in [7, 11) is 0. The molecule has 0 spiro atoms. The molecule has 1 aliphatic rings. The summed E-state index contributed by atoms with van der Waals surface area (Å²) in [5.41, 5.74) is 8.46. The van der Waals surface area contributed by atoms with Crippen LogP contribution in [0.5, 0.6) is 0 Å². The predicted octanol–water partition coefficient (Wildman–Crippen LogP) is 4.32. The molecule has 0 radical (unpaired) electrons. The summed E-state index contributed by atoms with van der Waals surface area (Å²) in [5.74, 6) is 1.55. The minimum atomic E-state index is 0.390. The van der Waals surface area contributed by atoms with Crippen molar-refractivity contribution in [2.45, 2.75) is 45.6 Å². The van der Waals surface area contributed by atoms with Crippen molar-refractivity contribution in [2.24, 2.45) is 17.6 Å². The Labute approximate surface area is 125 Å². The van der Waals surface area contributed by atoms with Crippen LogP contribution in [0.25, 0.3) is 0 Å². The van der Waals surface area contributed by atoms with Gasteiger partial charge in [-0.1, -0.05) is 25.8 Å². The first-order chi connectivity index (χ1) is 9.10. The third kappa shape index (κ3) is 3.96. The van der Waals surface area contributed by atoms with E-state index in [0.717, 1.165) is 10.4 Å². The van der Waals surface area contributed by atoms with Gasteiger partial charge in [0, 0.05) is 22.7 Å². The number of halogens is 1. The van der Waals surface area contributed by atoms with Gasteiger partial charge in [-0.15, -0.1) is 0 Å². The van der Waals surface area contributed by atoms with Crippen LogP contribution in [0.15, 0.2) is 22.7 Å². The maximum atomic E-state index is 6.01. The van der Waals surface area contributed by atoms with Gasteiger partial charge in [0.25, 0.3) is 0 Å². The Kier molecular flexibility index (Phi) is 5.28. The van der Waals surface area contributed by atoms with E-state index in [9.17, 15) is 0 Å². The van der Waals surface area contributed by atoms with Crippen molar-refractivity contribution in [2.75, 3.05) is 11.9 Å². The zero-order valence-electron chi connectivity index (χ0n) is 12.0. The number of rotatable bonds is 4. The van der Waals surface area contributed by atoms with Crippen molar-refractivity contribution < 1.29 is 0 Å². The highest BCUT2D eigenvalue weighted by atomic mass is 79.9. The number of hydrogen-bond donors (Lipinski definition) is 2. The molecule has 3 heteroatoms. The van der Waals surface area contributed by atoms with Crippen molar-refractivity contribution >= 4 is 21.6 Å². The molecule has 1 fully saturated rings. The lowest BCUT2D eigenvalue weighted by Gasteiger charge is -2.34. The predicted molar refractivity (Wildman–Crippen MR) is 86.5 cm³/mol. The van der Waals surface area contributed by atoms with E-state index >= 15 is 0 Å². The summed E-state index contributed by atoms with van der Waals surface area (Å²) < 4.78 is 1.13. The fourth-order valence-electron chi connectivity index (χ4n) is 3.17. The normalized spacial score (nSPS) is 25.1. The van der Waals surface area contributed by atoms with E-state index in [1.54, 1.807) is 0 Å². The van der Waals surface area contributed by atoms with Crippen LogP contribution in [0.3, 0.4) is 0 Å². The first kappa shape index (κ1) is 14.9. The SMILES string of the molecule is Cc1ccc(Br)c(NC(CN)C2CCCC(C)C2)c1. The Balaban J connectivity index is 2.07. The molecule has 1 aromatic rings. The molecule has 0 saturated heterocycles. The molecule has 3 unspecified atom stereocenters. The quantitative estimate of drug-likeness (QED) is 0.865. The van der Waals surface area contributed by atoms with Gasteiger partial charge in [0.1, 0.15) is 0 Å². The molecule has 2 nitrogen and oxygen atoms in total. The van der Waals surface area contributed by atoms with Crippen molar-refractivity contribution in [1.82, 2.24) is 0 Å².